The van der Waals surface area contributed by atoms with Gasteiger partial charge in [-0.15, -0.1) is 0 Å². The van der Waals surface area contributed by atoms with Gasteiger partial charge in [0.2, 0.25) is 5.91 Å². The molecule has 0 aliphatic heterocycles. The van der Waals surface area contributed by atoms with E-state index in [0.29, 0.717) is 51.6 Å². The molecular weight excluding hydrogens is 619 g/mol. The average molecular weight is 676 g/mol. The van der Waals surface area contributed by atoms with E-state index in [2.05, 4.69) is 48.5 Å². The molecule has 0 spiro atoms. The predicted molar refractivity (Wildman–Crippen MR) is 201 cm³/mol. The Labute approximate surface area is 299 Å². The first-order valence-electron chi connectivity index (χ1n) is 19.2. The van der Waals surface area contributed by atoms with Crippen LogP contribution in [0.4, 0.5) is 0 Å². The van der Waals surface area contributed by atoms with Crippen molar-refractivity contribution in [2.24, 2.45) is 40.6 Å². The largest absolute Gasteiger partial charge is 0.335 e. The Morgan fingerprint density at radius 2 is 1.36 bits per heavy atom. The molecule has 4 aliphatic rings. The first kappa shape index (κ1) is 36.2. The zero-order chi connectivity index (χ0) is 34.9. The summed E-state index contributed by atoms with van der Waals surface area (Å²) in [5, 5.41) is 0. The zero-order valence-electron chi connectivity index (χ0n) is 29.8. The van der Waals surface area contributed by atoms with Crippen LogP contribution in [0.25, 0.3) is 11.1 Å². The van der Waals surface area contributed by atoms with E-state index < -0.39 is 6.04 Å². The average Bonchev–Trinajstić information content (AvgIpc) is 3.10. The molecule has 4 N–H and O–H groups in total. The van der Waals surface area contributed by atoms with E-state index in [-0.39, 0.29) is 35.4 Å². The van der Waals surface area contributed by atoms with Crippen LogP contribution in [-0.2, 0) is 27.2 Å². The first-order valence-corrected chi connectivity index (χ1v) is 19.2. The van der Waals surface area contributed by atoms with Crippen molar-refractivity contribution in [1.29, 1.82) is 0 Å². The van der Waals surface area contributed by atoms with Gasteiger partial charge in [-0.05, 0) is 122 Å². The van der Waals surface area contributed by atoms with Gasteiger partial charge in [0.05, 0.1) is 12.6 Å². The number of nitrogens with zero attached hydrogens (tertiary/aromatic N) is 1. The molecule has 266 valence electrons. The normalized spacial score (nSPS) is 23.4. The van der Waals surface area contributed by atoms with Crippen LogP contribution in [0.5, 0.6) is 0 Å². The number of hydrogen-bond donors (Lipinski definition) is 2. The van der Waals surface area contributed by atoms with Crippen LogP contribution in [0.3, 0.4) is 0 Å². The molecule has 2 atom stereocenters. The third-order valence-electron chi connectivity index (χ3n) is 11.9. The Bertz CT molecular complexity index is 1520. The van der Waals surface area contributed by atoms with E-state index in [4.69, 9.17) is 11.5 Å². The lowest BCUT2D eigenvalue weighted by Crippen LogP contribution is -2.49. The number of amides is 1. The van der Waals surface area contributed by atoms with Gasteiger partial charge in [-0.25, -0.2) is 0 Å². The lowest BCUT2D eigenvalue weighted by Gasteiger charge is -2.57. The summed E-state index contributed by atoms with van der Waals surface area (Å²) in [7, 11) is 0. The lowest BCUT2D eigenvalue weighted by molar-refractivity contribution is -0.143. The third kappa shape index (κ3) is 9.79. The summed E-state index contributed by atoms with van der Waals surface area (Å²) in [6, 6.07) is 28.4. The van der Waals surface area contributed by atoms with Crippen LogP contribution in [0.1, 0.15) is 88.2 Å². The summed E-state index contributed by atoms with van der Waals surface area (Å²) >= 11 is 0. The standard InChI is InChI=1S/C44H57N3O3/c45-20-8-7-13-41(46)42(49)25-37(21-33-9-3-1-4-10-33)30-47(43(50)29-44-26-34-22-35(27-44)24-36(23-34)28-44)31-40(48)19-16-32-14-17-39(18-15-32)38-11-5-2-6-12-38/h1-6,9-12,14-15,17-18,34-37,41H,7-8,13,16,19-31,45-46H2/t34?,35?,36?,37-,41+,44?/m1/s1. The zero-order valence-corrected chi connectivity index (χ0v) is 29.8. The number of carbonyl (C=O) groups is 3. The molecule has 1 amide bonds. The summed E-state index contributed by atoms with van der Waals surface area (Å²) in [5.74, 6) is 2.32. The lowest BCUT2D eigenvalue weighted by atomic mass is 9.49. The number of rotatable bonds is 19. The summed E-state index contributed by atoms with van der Waals surface area (Å²) in [6.07, 6.45) is 12.2. The molecule has 4 bridgehead atoms. The minimum Gasteiger partial charge on any atom is -0.335 e. The van der Waals surface area contributed by atoms with Crippen molar-refractivity contribution in [2.75, 3.05) is 19.6 Å². The van der Waals surface area contributed by atoms with Gasteiger partial charge in [0.15, 0.2) is 5.78 Å². The fraction of sp³-hybridized carbons (Fsp3) is 0.523. The molecule has 0 radical (unpaired) electrons. The van der Waals surface area contributed by atoms with Crippen molar-refractivity contribution in [3.8, 4) is 11.1 Å². The van der Waals surface area contributed by atoms with E-state index in [1.54, 1.807) is 0 Å². The number of benzene rings is 3. The highest BCUT2D eigenvalue weighted by atomic mass is 16.2. The SMILES string of the molecule is NCCCC[C@H](N)C(=O)C[C@@H](Cc1ccccc1)CN(CC(=O)CCc1ccc(-c2ccccc2)cc1)C(=O)CC12CC3CC(CC(C3)C1)C2. The quantitative estimate of drug-likeness (QED) is 0.128. The van der Waals surface area contributed by atoms with Crippen LogP contribution < -0.4 is 11.5 Å². The summed E-state index contributed by atoms with van der Waals surface area (Å²) in [6.45, 7) is 1.07. The van der Waals surface area contributed by atoms with Gasteiger partial charge in [0, 0.05) is 25.8 Å². The highest BCUT2D eigenvalue weighted by molar-refractivity contribution is 5.87. The maximum Gasteiger partial charge on any atom is 0.223 e. The van der Waals surface area contributed by atoms with Gasteiger partial charge in [-0.1, -0.05) is 91.3 Å². The maximum absolute atomic E-state index is 14.4. The summed E-state index contributed by atoms with van der Waals surface area (Å²) < 4.78 is 0. The molecule has 4 fully saturated rings. The fourth-order valence-corrected chi connectivity index (χ4v) is 9.83. The second kappa shape index (κ2) is 17.1. The highest BCUT2D eigenvalue weighted by Gasteiger charge is 2.51. The molecule has 50 heavy (non-hydrogen) atoms. The molecule has 0 heterocycles. The van der Waals surface area contributed by atoms with Crippen molar-refractivity contribution < 1.29 is 14.4 Å². The number of unbranched alkanes of at least 4 members (excludes halogenated alkanes) is 1. The molecule has 0 saturated heterocycles. The Morgan fingerprint density at radius 1 is 0.760 bits per heavy atom. The van der Waals surface area contributed by atoms with Crippen molar-refractivity contribution in [3.63, 3.8) is 0 Å². The van der Waals surface area contributed by atoms with Crippen LogP contribution in [-0.4, -0.2) is 48.0 Å². The minimum atomic E-state index is -0.536. The minimum absolute atomic E-state index is 0.0294. The molecule has 0 aromatic heterocycles. The van der Waals surface area contributed by atoms with Gasteiger partial charge in [-0.3, -0.25) is 14.4 Å². The number of hydrogen-bond acceptors (Lipinski definition) is 5. The number of Topliss-reactive ketones (excluding diaryl/α,β-unsaturated/α-hetero) is 2. The summed E-state index contributed by atoms with van der Waals surface area (Å²) in [4.78, 5) is 43.4. The monoisotopic (exact) mass is 675 g/mol. The number of aryl methyl sites for hydroxylation is 1. The molecular formula is C44H57N3O3. The molecule has 3 aromatic rings. The van der Waals surface area contributed by atoms with E-state index >= 15 is 0 Å². The van der Waals surface area contributed by atoms with Crippen molar-refractivity contribution in [3.05, 3.63) is 96.1 Å². The number of carbonyl (C=O) groups excluding carboxylic acids is 3. The van der Waals surface area contributed by atoms with E-state index in [1.165, 1.54) is 24.8 Å². The second-order valence-corrected chi connectivity index (χ2v) is 16.1. The van der Waals surface area contributed by atoms with Crippen molar-refractivity contribution in [2.45, 2.75) is 95.9 Å². The Morgan fingerprint density at radius 3 is 1.98 bits per heavy atom. The van der Waals surface area contributed by atoms with Crippen LogP contribution in [0, 0.1) is 29.1 Å². The Balaban J connectivity index is 1.16. The van der Waals surface area contributed by atoms with Gasteiger partial charge in [-0.2, -0.15) is 0 Å². The topological polar surface area (TPSA) is 106 Å². The van der Waals surface area contributed by atoms with Crippen LogP contribution >= 0.6 is 0 Å². The van der Waals surface area contributed by atoms with Crippen molar-refractivity contribution in [1.82, 2.24) is 4.90 Å². The maximum atomic E-state index is 14.4. The molecule has 6 heteroatoms. The van der Waals surface area contributed by atoms with E-state index in [0.717, 1.165) is 66.5 Å². The Kier molecular flexibility index (Phi) is 12.4. The molecule has 4 aliphatic carbocycles. The second-order valence-electron chi connectivity index (χ2n) is 16.1. The van der Waals surface area contributed by atoms with Crippen LogP contribution in [0.15, 0.2) is 84.9 Å². The third-order valence-corrected chi connectivity index (χ3v) is 11.9. The summed E-state index contributed by atoms with van der Waals surface area (Å²) in [5.41, 5.74) is 16.7. The molecule has 4 saturated carbocycles. The predicted octanol–water partition coefficient (Wildman–Crippen LogP) is 7.56. The molecule has 6 nitrogen and oxygen atoms in total. The first-order chi connectivity index (χ1) is 24.3. The van der Waals surface area contributed by atoms with Gasteiger partial charge in [0.25, 0.3) is 0 Å². The van der Waals surface area contributed by atoms with Gasteiger partial charge >= 0.3 is 0 Å². The Hall–Kier alpha value is -3.61. The molecule has 7 rings (SSSR count). The van der Waals surface area contributed by atoms with E-state index in [1.807, 2.05) is 41.3 Å². The van der Waals surface area contributed by atoms with Gasteiger partial charge in [0.1, 0.15) is 5.78 Å². The molecule has 3 aromatic carbocycles. The number of ketones is 2. The van der Waals surface area contributed by atoms with Gasteiger partial charge < -0.3 is 16.4 Å². The van der Waals surface area contributed by atoms with Crippen molar-refractivity contribution >= 4 is 17.5 Å². The number of nitrogens with two attached hydrogens (primary N) is 2. The fourth-order valence-electron chi connectivity index (χ4n) is 9.83. The molecule has 0 unspecified atom stereocenters. The van der Waals surface area contributed by atoms with E-state index in [9.17, 15) is 14.4 Å². The van der Waals surface area contributed by atoms with Crippen LogP contribution in [0.2, 0.25) is 0 Å². The highest BCUT2D eigenvalue weighted by Crippen LogP contribution is 2.61. The smallest absolute Gasteiger partial charge is 0.223 e.